The number of alkyl halides is 6. The SMILES string of the molecule is Oc1c2c(c(O)n1-c1cc(C(F)(F)F)cc(C(F)(F)F)c1)CCCC2. The minimum absolute atomic E-state index is 0.000996. The molecule has 0 saturated carbocycles. The fourth-order valence-electron chi connectivity index (χ4n) is 3.08. The summed E-state index contributed by atoms with van der Waals surface area (Å²) in [5, 5.41) is 20.5. The minimum Gasteiger partial charge on any atom is -0.494 e. The third kappa shape index (κ3) is 3.03. The lowest BCUT2D eigenvalue weighted by molar-refractivity contribution is -0.143. The van der Waals surface area contributed by atoms with Gasteiger partial charge in [-0.05, 0) is 43.9 Å². The predicted molar refractivity (Wildman–Crippen MR) is 75.7 cm³/mol. The first-order valence-electron chi connectivity index (χ1n) is 7.44. The molecule has 0 aliphatic heterocycles. The molecule has 2 N–H and O–H groups in total. The molecule has 1 aromatic heterocycles. The number of halogens is 6. The Morgan fingerprint density at radius 2 is 1.12 bits per heavy atom. The van der Waals surface area contributed by atoms with E-state index < -0.39 is 40.9 Å². The van der Waals surface area contributed by atoms with Gasteiger partial charge in [-0.15, -0.1) is 0 Å². The Bertz CT molecular complexity index is 758. The number of fused-ring (bicyclic) bond motifs is 1. The highest BCUT2D eigenvalue weighted by molar-refractivity contribution is 5.55. The topological polar surface area (TPSA) is 45.4 Å². The van der Waals surface area contributed by atoms with Crippen molar-refractivity contribution in [2.24, 2.45) is 0 Å². The molecule has 2 aromatic rings. The van der Waals surface area contributed by atoms with Gasteiger partial charge in [-0.25, -0.2) is 0 Å². The molecule has 0 unspecified atom stereocenters. The van der Waals surface area contributed by atoms with Crippen molar-refractivity contribution in [2.45, 2.75) is 38.0 Å². The second-order valence-corrected chi connectivity index (χ2v) is 5.91. The Morgan fingerprint density at radius 3 is 1.48 bits per heavy atom. The van der Waals surface area contributed by atoms with Gasteiger partial charge in [0.1, 0.15) is 0 Å². The number of rotatable bonds is 1. The van der Waals surface area contributed by atoms with E-state index in [1.807, 2.05) is 0 Å². The van der Waals surface area contributed by atoms with E-state index in [-0.39, 0.29) is 6.07 Å². The van der Waals surface area contributed by atoms with Gasteiger partial charge in [0, 0.05) is 11.1 Å². The largest absolute Gasteiger partial charge is 0.494 e. The van der Waals surface area contributed by atoms with Gasteiger partial charge in [-0.3, -0.25) is 4.57 Å². The number of hydrogen-bond acceptors (Lipinski definition) is 2. The lowest BCUT2D eigenvalue weighted by Crippen LogP contribution is -2.12. The van der Waals surface area contributed by atoms with Gasteiger partial charge < -0.3 is 10.2 Å². The molecule has 0 atom stereocenters. The lowest BCUT2D eigenvalue weighted by atomic mass is 9.95. The highest BCUT2D eigenvalue weighted by Gasteiger charge is 2.38. The summed E-state index contributed by atoms with van der Waals surface area (Å²) in [5.41, 5.74) is -2.90. The van der Waals surface area contributed by atoms with Crippen LogP contribution in [0.5, 0.6) is 11.8 Å². The maximum Gasteiger partial charge on any atom is 0.416 e. The van der Waals surface area contributed by atoms with Crippen LogP contribution in [0.2, 0.25) is 0 Å². The molecule has 3 nitrogen and oxygen atoms in total. The van der Waals surface area contributed by atoms with Crippen LogP contribution in [0.15, 0.2) is 18.2 Å². The van der Waals surface area contributed by atoms with Crippen LogP contribution in [0.25, 0.3) is 5.69 Å². The third-order valence-corrected chi connectivity index (χ3v) is 4.26. The van der Waals surface area contributed by atoms with E-state index in [1.54, 1.807) is 0 Å². The van der Waals surface area contributed by atoms with Gasteiger partial charge in [-0.2, -0.15) is 26.3 Å². The van der Waals surface area contributed by atoms with Crippen LogP contribution in [0.1, 0.15) is 35.1 Å². The summed E-state index contributed by atoms with van der Waals surface area (Å²) in [6.45, 7) is 0. The van der Waals surface area contributed by atoms with Crippen LogP contribution in [0.3, 0.4) is 0 Å². The molecule has 0 fully saturated rings. The first kappa shape index (κ1) is 17.5. The molecule has 1 heterocycles. The number of aromatic nitrogens is 1. The van der Waals surface area contributed by atoms with Gasteiger partial charge >= 0.3 is 12.4 Å². The van der Waals surface area contributed by atoms with Crippen LogP contribution in [0, 0.1) is 0 Å². The maximum atomic E-state index is 13.0. The number of hydrogen-bond donors (Lipinski definition) is 2. The Hall–Kier alpha value is -2.32. The average Bonchev–Trinajstić information content (AvgIpc) is 2.77. The molecule has 1 aromatic carbocycles. The first-order valence-corrected chi connectivity index (χ1v) is 7.44. The van der Waals surface area contributed by atoms with Gasteiger partial charge in [0.05, 0.1) is 16.8 Å². The zero-order valence-corrected chi connectivity index (χ0v) is 12.7. The van der Waals surface area contributed by atoms with Crippen LogP contribution < -0.4 is 0 Å². The summed E-state index contributed by atoms with van der Waals surface area (Å²) in [6, 6.07) is 0.946. The highest BCUT2D eigenvalue weighted by atomic mass is 19.4. The molecule has 25 heavy (non-hydrogen) atoms. The smallest absolute Gasteiger partial charge is 0.416 e. The van der Waals surface area contributed by atoms with E-state index in [1.165, 1.54) is 0 Å². The van der Waals surface area contributed by atoms with Gasteiger partial charge in [-0.1, -0.05) is 0 Å². The molecular formula is C16H13F6NO2. The molecule has 0 bridgehead atoms. The Kier molecular flexibility index (Phi) is 3.92. The summed E-state index contributed by atoms with van der Waals surface area (Å²) in [5.74, 6) is -1.06. The van der Waals surface area contributed by atoms with E-state index in [0.717, 1.165) is 0 Å². The van der Waals surface area contributed by atoms with Crippen molar-refractivity contribution in [1.82, 2.24) is 4.57 Å². The van der Waals surface area contributed by atoms with Crippen LogP contribution in [-0.2, 0) is 25.2 Å². The molecule has 0 radical (unpaired) electrons. The van der Waals surface area contributed by atoms with Gasteiger partial charge in [0.25, 0.3) is 0 Å². The van der Waals surface area contributed by atoms with Crippen LogP contribution >= 0.6 is 0 Å². The first-order chi connectivity index (χ1) is 11.5. The molecule has 0 amide bonds. The Balaban J connectivity index is 2.26. The standard InChI is InChI=1S/C16H13F6NO2/c17-15(18,19)8-5-9(16(20,21)22)7-10(6-8)23-13(24)11-3-1-2-4-12(11)14(23)25/h5-7,24-25H,1-4H2. The third-order valence-electron chi connectivity index (χ3n) is 4.26. The normalized spacial score (nSPS) is 15.3. The molecule has 9 heteroatoms. The molecule has 0 spiro atoms. The molecule has 136 valence electrons. The van der Waals surface area contributed by atoms with Crippen molar-refractivity contribution in [3.63, 3.8) is 0 Å². The Morgan fingerprint density at radius 1 is 0.720 bits per heavy atom. The minimum atomic E-state index is -5.01. The second-order valence-electron chi connectivity index (χ2n) is 5.91. The maximum absolute atomic E-state index is 13.0. The van der Waals surface area contributed by atoms with Crippen molar-refractivity contribution < 1.29 is 36.6 Å². The van der Waals surface area contributed by atoms with Crippen LogP contribution in [-0.4, -0.2) is 14.8 Å². The summed E-state index contributed by atoms with van der Waals surface area (Å²) < 4.78 is 78.5. The summed E-state index contributed by atoms with van der Waals surface area (Å²) >= 11 is 0. The highest BCUT2D eigenvalue weighted by Crippen LogP contribution is 2.43. The molecule has 3 rings (SSSR count). The van der Waals surface area contributed by atoms with Crippen molar-refractivity contribution in [1.29, 1.82) is 0 Å². The van der Waals surface area contributed by atoms with E-state index in [9.17, 15) is 36.6 Å². The van der Waals surface area contributed by atoms with E-state index in [4.69, 9.17) is 0 Å². The Labute approximate surface area is 138 Å². The monoisotopic (exact) mass is 365 g/mol. The van der Waals surface area contributed by atoms with Gasteiger partial charge in [0.2, 0.25) is 11.8 Å². The predicted octanol–water partition coefficient (Wildman–Crippen LogP) is 4.80. The van der Waals surface area contributed by atoms with E-state index in [0.29, 0.717) is 53.5 Å². The van der Waals surface area contributed by atoms with Crippen molar-refractivity contribution in [3.8, 4) is 17.4 Å². The van der Waals surface area contributed by atoms with Crippen molar-refractivity contribution in [2.75, 3.05) is 0 Å². The zero-order valence-electron chi connectivity index (χ0n) is 12.7. The molecule has 1 aliphatic carbocycles. The van der Waals surface area contributed by atoms with Crippen molar-refractivity contribution >= 4 is 0 Å². The number of benzene rings is 1. The molecule has 1 aliphatic rings. The number of nitrogens with zero attached hydrogens (tertiary/aromatic N) is 1. The lowest BCUT2D eigenvalue weighted by Gasteiger charge is -2.15. The fourth-order valence-corrected chi connectivity index (χ4v) is 3.08. The van der Waals surface area contributed by atoms with E-state index >= 15 is 0 Å². The van der Waals surface area contributed by atoms with E-state index in [2.05, 4.69) is 0 Å². The van der Waals surface area contributed by atoms with Gasteiger partial charge in [0.15, 0.2) is 0 Å². The van der Waals surface area contributed by atoms with Crippen molar-refractivity contribution in [3.05, 3.63) is 40.5 Å². The van der Waals surface area contributed by atoms with Crippen LogP contribution in [0.4, 0.5) is 26.3 Å². The summed E-state index contributed by atoms with van der Waals surface area (Å²) in [6.07, 6.45) is -7.80. The summed E-state index contributed by atoms with van der Waals surface area (Å²) in [4.78, 5) is 0. The fraction of sp³-hybridized carbons (Fsp3) is 0.375. The average molecular weight is 365 g/mol. The molecule has 0 saturated heterocycles. The number of aromatic hydroxyl groups is 2. The zero-order chi connectivity index (χ0) is 18.6. The summed E-state index contributed by atoms with van der Waals surface area (Å²) in [7, 11) is 0. The molecular weight excluding hydrogens is 352 g/mol. The second kappa shape index (κ2) is 5.60. The quantitative estimate of drug-likeness (QED) is 0.713.